The van der Waals surface area contributed by atoms with Crippen molar-refractivity contribution in [1.29, 1.82) is 0 Å². The van der Waals surface area contributed by atoms with Crippen LogP contribution in [0.4, 0.5) is 11.6 Å². The number of likely N-dealkylation sites (tertiary alicyclic amines) is 1. The number of nitrogens with zero attached hydrogens (tertiary/aromatic N) is 6. The maximum absolute atomic E-state index is 13.0. The first kappa shape index (κ1) is 25.0. The molecular weight excluding hydrogens is 484 g/mol. The number of hydrogen-bond donors (Lipinski definition) is 2. The van der Waals surface area contributed by atoms with Crippen LogP contribution < -0.4 is 11.1 Å². The van der Waals surface area contributed by atoms with Gasteiger partial charge in [-0.15, -0.1) is 5.10 Å². The Morgan fingerprint density at radius 1 is 1.18 bits per heavy atom. The van der Waals surface area contributed by atoms with Crippen LogP contribution in [0.3, 0.4) is 0 Å². The van der Waals surface area contributed by atoms with E-state index in [1.807, 2.05) is 27.6 Å². The van der Waals surface area contributed by atoms with Crippen molar-refractivity contribution in [3.63, 3.8) is 0 Å². The van der Waals surface area contributed by atoms with Gasteiger partial charge in [0.1, 0.15) is 22.9 Å². The highest BCUT2D eigenvalue weighted by Crippen LogP contribution is 2.36. The summed E-state index contributed by atoms with van der Waals surface area (Å²) in [6.07, 6.45) is 10.9. The number of piperidine rings is 1. The topological polar surface area (TPSA) is 141 Å². The molecule has 1 aliphatic heterocycles. The summed E-state index contributed by atoms with van der Waals surface area (Å²) < 4.78 is 6.96. The summed E-state index contributed by atoms with van der Waals surface area (Å²) in [5.74, 6) is 1.05. The van der Waals surface area contributed by atoms with Crippen molar-refractivity contribution >= 4 is 29.0 Å². The number of carbonyl (C=O) groups is 2. The molecule has 4 heterocycles. The molecule has 2 amide bonds. The fraction of sp³-hybridized carbons (Fsp3) is 0.259. The largest absolute Gasteiger partial charge is 0.382 e. The SMILES string of the molecule is COC/C=C/C(=O)N1CCCC[C@H]1c1nc(-c2ccc(C(=O)Nc3cccnn3)cc2)c2c(N)nccn12. The number of imidazole rings is 1. The van der Waals surface area contributed by atoms with Gasteiger partial charge < -0.3 is 20.7 Å². The Bertz CT molecular complexity index is 1470. The molecule has 194 valence electrons. The van der Waals surface area contributed by atoms with Crippen molar-refractivity contribution in [2.75, 3.05) is 31.3 Å². The second kappa shape index (κ2) is 11.2. The number of methoxy groups -OCH3 is 1. The first-order chi connectivity index (χ1) is 18.6. The predicted octanol–water partition coefficient (Wildman–Crippen LogP) is 3.28. The molecule has 3 N–H and O–H groups in total. The minimum absolute atomic E-state index is 0.0782. The number of benzene rings is 1. The van der Waals surface area contributed by atoms with E-state index in [2.05, 4.69) is 20.5 Å². The Hall–Kier alpha value is -4.64. The molecule has 0 saturated carbocycles. The maximum atomic E-state index is 13.0. The van der Waals surface area contributed by atoms with E-state index in [0.717, 1.165) is 30.7 Å². The maximum Gasteiger partial charge on any atom is 0.256 e. The van der Waals surface area contributed by atoms with Crippen LogP contribution in [0.2, 0.25) is 0 Å². The highest BCUT2D eigenvalue weighted by atomic mass is 16.5. The summed E-state index contributed by atoms with van der Waals surface area (Å²) in [4.78, 5) is 36.8. The van der Waals surface area contributed by atoms with E-state index in [1.54, 1.807) is 49.7 Å². The van der Waals surface area contributed by atoms with Crippen LogP contribution in [0.5, 0.6) is 0 Å². The van der Waals surface area contributed by atoms with Crippen LogP contribution in [0, 0.1) is 0 Å². The Morgan fingerprint density at radius 3 is 2.79 bits per heavy atom. The zero-order valence-electron chi connectivity index (χ0n) is 20.9. The average molecular weight is 513 g/mol. The van der Waals surface area contributed by atoms with Crippen molar-refractivity contribution in [2.24, 2.45) is 0 Å². The number of anilines is 2. The highest BCUT2D eigenvalue weighted by Gasteiger charge is 2.31. The molecule has 1 saturated heterocycles. The van der Waals surface area contributed by atoms with Gasteiger partial charge in [0, 0.05) is 49.4 Å². The number of nitrogens with two attached hydrogens (primary N) is 1. The molecule has 0 unspecified atom stereocenters. The second-order valence-electron chi connectivity index (χ2n) is 8.89. The van der Waals surface area contributed by atoms with Gasteiger partial charge in [0.2, 0.25) is 5.91 Å². The molecule has 1 aliphatic rings. The molecule has 0 radical (unpaired) electrons. The fourth-order valence-electron chi connectivity index (χ4n) is 4.66. The lowest BCUT2D eigenvalue weighted by Crippen LogP contribution is -2.38. The van der Waals surface area contributed by atoms with Gasteiger partial charge in [-0.3, -0.25) is 14.0 Å². The molecule has 0 aliphatic carbocycles. The summed E-state index contributed by atoms with van der Waals surface area (Å²) in [6.45, 7) is 1.01. The smallest absolute Gasteiger partial charge is 0.256 e. The number of aromatic nitrogens is 5. The van der Waals surface area contributed by atoms with Crippen LogP contribution in [0.25, 0.3) is 16.8 Å². The van der Waals surface area contributed by atoms with Crippen molar-refractivity contribution in [3.05, 3.63) is 78.5 Å². The van der Waals surface area contributed by atoms with Crippen LogP contribution in [-0.2, 0) is 9.53 Å². The Kier molecular flexibility index (Phi) is 7.36. The molecule has 4 aromatic rings. The molecule has 38 heavy (non-hydrogen) atoms. The average Bonchev–Trinajstić information content (AvgIpc) is 3.34. The highest BCUT2D eigenvalue weighted by molar-refractivity contribution is 6.04. The number of nitrogen functional groups attached to an aromatic ring is 1. The molecular formula is C27H28N8O3. The van der Waals surface area contributed by atoms with E-state index in [1.165, 1.54) is 6.20 Å². The first-order valence-electron chi connectivity index (χ1n) is 12.3. The first-order valence-corrected chi connectivity index (χ1v) is 12.3. The molecule has 3 aromatic heterocycles. The minimum Gasteiger partial charge on any atom is -0.382 e. The Labute approximate surface area is 219 Å². The van der Waals surface area contributed by atoms with Gasteiger partial charge in [0.05, 0.1) is 12.6 Å². The van der Waals surface area contributed by atoms with Crippen molar-refractivity contribution < 1.29 is 14.3 Å². The Balaban J connectivity index is 1.48. The van der Waals surface area contributed by atoms with E-state index in [0.29, 0.717) is 41.6 Å². The third-order valence-electron chi connectivity index (χ3n) is 6.45. The lowest BCUT2D eigenvalue weighted by molar-refractivity contribution is -0.130. The van der Waals surface area contributed by atoms with Crippen molar-refractivity contribution in [2.45, 2.75) is 25.3 Å². The molecule has 11 nitrogen and oxygen atoms in total. The lowest BCUT2D eigenvalue weighted by atomic mass is 10.0. The lowest BCUT2D eigenvalue weighted by Gasteiger charge is -2.34. The summed E-state index contributed by atoms with van der Waals surface area (Å²) >= 11 is 0. The Morgan fingerprint density at radius 2 is 2.03 bits per heavy atom. The zero-order chi connectivity index (χ0) is 26.5. The molecule has 0 spiro atoms. The van der Waals surface area contributed by atoms with E-state index >= 15 is 0 Å². The number of amides is 2. The normalized spacial score (nSPS) is 15.7. The fourth-order valence-corrected chi connectivity index (χ4v) is 4.66. The minimum atomic E-state index is -0.300. The summed E-state index contributed by atoms with van der Waals surface area (Å²) in [5.41, 5.74) is 8.86. The van der Waals surface area contributed by atoms with Gasteiger partial charge in [0.25, 0.3) is 5.91 Å². The van der Waals surface area contributed by atoms with Gasteiger partial charge in [0.15, 0.2) is 5.82 Å². The molecule has 1 atom stereocenters. The third-order valence-corrected chi connectivity index (χ3v) is 6.45. The van der Waals surface area contributed by atoms with Crippen LogP contribution in [-0.4, -0.2) is 61.5 Å². The zero-order valence-corrected chi connectivity index (χ0v) is 20.9. The van der Waals surface area contributed by atoms with Gasteiger partial charge in [-0.1, -0.05) is 18.2 Å². The molecule has 1 aromatic carbocycles. The van der Waals surface area contributed by atoms with Crippen molar-refractivity contribution in [1.82, 2.24) is 29.5 Å². The number of rotatable bonds is 7. The van der Waals surface area contributed by atoms with E-state index in [4.69, 9.17) is 15.5 Å². The van der Waals surface area contributed by atoms with E-state index < -0.39 is 0 Å². The number of hydrogen-bond acceptors (Lipinski definition) is 8. The molecule has 5 rings (SSSR count). The van der Waals surface area contributed by atoms with Crippen LogP contribution in [0.1, 0.15) is 41.5 Å². The van der Waals surface area contributed by atoms with Gasteiger partial charge in [-0.05, 0) is 43.5 Å². The van der Waals surface area contributed by atoms with Gasteiger partial charge >= 0.3 is 0 Å². The monoisotopic (exact) mass is 512 g/mol. The van der Waals surface area contributed by atoms with Gasteiger partial charge in [-0.25, -0.2) is 9.97 Å². The molecule has 1 fully saturated rings. The van der Waals surface area contributed by atoms with Crippen LogP contribution in [0.15, 0.2) is 67.1 Å². The number of nitrogens with one attached hydrogen (secondary N) is 1. The van der Waals surface area contributed by atoms with E-state index in [-0.39, 0.29) is 17.9 Å². The van der Waals surface area contributed by atoms with Gasteiger partial charge in [-0.2, -0.15) is 5.10 Å². The summed E-state index contributed by atoms with van der Waals surface area (Å²) in [5, 5.41) is 10.4. The third kappa shape index (κ3) is 5.09. The number of ether oxygens (including phenoxy) is 1. The standard InChI is InChI=1S/C27H28N8O3/c1-38-17-5-8-22(36)34-15-3-2-6-20(34)26-32-23(24-25(28)29-14-16-35(24)26)18-9-11-19(12-10-18)27(37)31-21-7-4-13-30-33-21/h4-5,7-14,16,20H,2-3,6,15,17H2,1H3,(H2,28,29)(H,31,33,37)/b8-5+/t20-/m0/s1. The second-order valence-corrected chi connectivity index (χ2v) is 8.89. The summed E-state index contributed by atoms with van der Waals surface area (Å²) in [7, 11) is 1.59. The van der Waals surface area contributed by atoms with E-state index in [9.17, 15) is 9.59 Å². The molecule has 11 heteroatoms. The van der Waals surface area contributed by atoms with Crippen LogP contribution >= 0.6 is 0 Å². The quantitative estimate of drug-likeness (QED) is 0.360. The summed E-state index contributed by atoms with van der Waals surface area (Å²) in [6, 6.07) is 10.2. The predicted molar refractivity (Wildman–Crippen MR) is 142 cm³/mol. The number of fused-ring (bicyclic) bond motifs is 1. The molecule has 0 bridgehead atoms. The van der Waals surface area contributed by atoms with Crippen molar-refractivity contribution in [3.8, 4) is 11.3 Å². The number of carbonyl (C=O) groups excluding carboxylic acids is 2.